The van der Waals surface area contributed by atoms with Crippen LogP contribution in [0.5, 0.6) is 0 Å². The van der Waals surface area contributed by atoms with Crippen molar-refractivity contribution in [2.45, 2.75) is 50.7 Å². The molecule has 0 rings (SSSR count). The van der Waals surface area contributed by atoms with E-state index in [1.807, 2.05) is 0 Å². The van der Waals surface area contributed by atoms with E-state index >= 15 is 0 Å². The van der Waals surface area contributed by atoms with Gasteiger partial charge in [-0.15, -0.1) is 13.2 Å². The topological polar surface area (TPSA) is 158 Å². The quantitative estimate of drug-likeness (QED) is 0.291. The Balaban J connectivity index is 5.01. The van der Waals surface area contributed by atoms with Crippen molar-refractivity contribution in [3.8, 4) is 0 Å². The molecule has 0 heterocycles. The van der Waals surface area contributed by atoms with Crippen LogP contribution in [0.25, 0.3) is 0 Å². The molecule has 0 bridgehead atoms. The smallest absolute Gasteiger partial charge is 0.303 e. The van der Waals surface area contributed by atoms with Crippen molar-refractivity contribution in [2.75, 3.05) is 0 Å². The van der Waals surface area contributed by atoms with Crippen LogP contribution < -0.4 is 0 Å². The average molecular weight is 386 g/mol. The Morgan fingerprint density at radius 3 is 1.11 bits per heavy atom. The Hall–Kier alpha value is -2.68. The Morgan fingerprint density at radius 2 is 0.926 bits per heavy atom. The third-order valence-corrected chi connectivity index (χ3v) is 3.86. The van der Waals surface area contributed by atoms with Gasteiger partial charge in [0, 0.05) is 25.7 Å². The summed E-state index contributed by atoms with van der Waals surface area (Å²) in [6.07, 6.45) is 0.216. The maximum Gasteiger partial charge on any atom is 0.303 e. The van der Waals surface area contributed by atoms with Crippen LogP contribution in [0.2, 0.25) is 0 Å². The highest BCUT2D eigenvalue weighted by Crippen LogP contribution is 2.24. The van der Waals surface area contributed by atoms with Crippen LogP contribution in [0.15, 0.2) is 25.3 Å². The Labute approximate surface area is 157 Å². The molecule has 152 valence electrons. The largest absolute Gasteiger partial charge is 0.481 e. The van der Waals surface area contributed by atoms with Crippen LogP contribution >= 0.6 is 0 Å². The lowest BCUT2D eigenvalue weighted by Crippen LogP contribution is -2.26. The van der Waals surface area contributed by atoms with E-state index in [0.29, 0.717) is 0 Å². The second-order valence-corrected chi connectivity index (χ2v) is 6.28. The number of carboxylic acids is 4. The molecule has 2 atom stereocenters. The number of hydrogen-bond donors (Lipinski definition) is 4. The molecule has 0 aromatic carbocycles. The van der Waals surface area contributed by atoms with E-state index in [1.165, 1.54) is 12.2 Å². The van der Waals surface area contributed by atoms with Crippen molar-refractivity contribution in [3.63, 3.8) is 0 Å². The van der Waals surface area contributed by atoms with Crippen molar-refractivity contribution in [1.82, 2.24) is 0 Å². The predicted octanol–water partition coefficient (Wildman–Crippen LogP) is 2.02. The molecule has 0 aromatic heterocycles. The van der Waals surface area contributed by atoms with Gasteiger partial charge in [0.15, 0.2) is 0 Å². The molecule has 27 heavy (non-hydrogen) atoms. The van der Waals surface area contributed by atoms with Gasteiger partial charge in [-0.05, 0) is 24.7 Å². The lowest BCUT2D eigenvalue weighted by molar-refractivity contribution is -0.142. The van der Waals surface area contributed by atoms with E-state index < -0.39 is 47.9 Å². The molecule has 0 saturated heterocycles. The fourth-order valence-electron chi connectivity index (χ4n) is 2.76. The summed E-state index contributed by atoms with van der Waals surface area (Å²) in [5.41, 5.74) is 0. The van der Waals surface area contributed by atoms with Gasteiger partial charge >= 0.3 is 23.9 Å². The minimum Gasteiger partial charge on any atom is -0.481 e. The fraction of sp³-hybridized carbons (Fsp3) is 0.556. The SMILES string of the molecule is C=CC(CC(CC(=O)O)CC(=O)O)OC(C=C)CC(CC(=O)O)CC(=O)O. The number of carbonyl (C=O) groups is 4. The fourth-order valence-corrected chi connectivity index (χ4v) is 2.76. The van der Waals surface area contributed by atoms with Gasteiger partial charge in [-0.25, -0.2) is 0 Å². The number of aliphatic carboxylic acids is 4. The van der Waals surface area contributed by atoms with Crippen LogP contribution in [0, 0.1) is 11.8 Å². The van der Waals surface area contributed by atoms with Crippen molar-refractivity contribution >= 4 is 23.9 Å². The van der Waals surface area contributed by atoms with Gasteiger partial charge < -0.3 is 25.2 Å². The molecule has 2 unspecified atom stereocenters. The molecule has 0 radical (unpaired) electrons. The first-order chi connectivity index (χ1) is 12.6. The first kappa shape index (κ1) is 24.3. The number of rotatable bonds is 16. The number of carboxylic acid groups (broad SMARTS) is 4. The van der Waals surface area contributed by atoms with Crippen LogP contribution in [0.1, 0.15) is 38.5 Å². The summed E-state index contributed by atoms with van der Waals surface area (Å²) < 4.78 is 5.73. The Kier molecular flexibility index (Phi) is 11.4. The van der Waals surface area contributed by atoms with Crippen molar-refractivity contribution < 1.29 is 44.3 Å². The van der Waals surface area contributed by atoms with Gasteiger partial charge in [-0.2, -0.15) is 0 Å². The molecule has 9 heteroatoms. The highest BCUT2D eigenvalue weighted by molar-refractivity contribution is 5.71. The normalized spacial score (nSPS) is 13.1. The van der Waals surface area contributed by atoms with Gasteiger partial charge in [-0.1, -0.05) is 12.2 Å². The molecule has 4 N–H and O–H groups in total. The summed E-state index contributed by atoms with van der Waals surface area (Å²) >= 11 is 0. The van der Waals surface area contributed by atoms with Gasteiger partial charge in [0.1, 0.15) is 0 Å². The zero-order valence-electron chi connectivity index (χ0n) is 15.0. The zero-order valence-corrected chi connectivity index (χ0v) is 15.0. The Bertz CT molecular complexity index is 475. The first-order valence-electron chi connectivity index (χ1n) is 8.35. The van der Waals surface area contributed by atoms with Gasteiger partial charge in [0.2, 0.25) is 0 Å². The summed E-state index contributed by atoms with van der Waals surface area (Å²) in [4.78, 5) is 43.6. The molecular formula is C18H26O9. The molecule has 0 aliphatic heterocycles. The third kappa shape index (κ3) is 12.3. The maximum absolute atomic E-state index is 10.9. The van der Waals surface area contributed by atoms with Crippen molar-refractivity contribution in [1.29, 1.82) is 0 Å². The third-order valence-electron chi connectivity index (χ3n) is 3.86. The van der Waals surface area contributed by atoms with E-state index in [1.54, 1.807) is 0 Å². The van der Waals surface area contributed by atoms with Crippen LogP contribution in [-0.2, 0) is 23.9 Å². The zero-order chi connectivity index (χ0) is 21.0. The maximum atomic E-state index is 10.9. The Morgan fingerprint density at radius 1 is 0.667 bits per heavy atom. The summed E-state index contributed by atoms with van der Waals surface area (Å²) in [6.45, 7) is 7.19. The molecule has 0 spiro atoms. The average Bonchev–Trinajstić information content (AvgIpc) is 2.50. The monoisotopic (exact) mass is 386 g/mol. The molecule has 0 aromatic rings. The van der Waals surface area contributed by atoms with E-state index in [2.05, 4.69) is 13.2 Å². The van der Waals surface area contributed by atoms with E-state index in [0.717, 1.165) is 0 Å². The molecule has 0 aliphatic rings. The van der Waals surface area contributed by atoms with Crippen LogP contribution in [0.3, 0.4) is 0 Å². The van der Waals surface area contributed by atoms with Crippen molar-refractivity contribution in [3.05, 3.63) is 25.3 Å². The van der Waals surface area contributed by atoms with Crippen molar-refractivity contribution in [2.24, 2.45) is 11.8 Å². The highest BCUT2D eigenvalue weighted by Gasteiger charge is 2.25. The lowest BCUT2D eigenvalue weighted by atomic mass is 9.93. The second-order valence-electron chi connectivity index (χ2n) is 6.28. The molecule has 0 saturated carbocycles. The molecule has 0 aliphatic carbocycles. The van der Waals surface area contributed by atoms with Crippen LogP contribution in [0.4, 0.5) is 0 Å². The van der Waals surface area contributed by atoms with Gasteiger partial charge in [0.05, 0.1) is 12.2 Å². The molecule has 0 amide bonds. The first-order valence-corrected chi connectivity index (χ1v) is 8.35. The summed E-state index contributed by atoms with van der Waals surface area (Å²) in [7, 11) is 0. The lowest BCUT2D eigenvalue weighted by Gasteiger charge is -2.25. The van der Waals surface area contributed by atoms with E-state index in [9.17, 15) is 19.2 Å². The molecule has 9 nitrogen and oxygen atoms in total. The molecular weight excluding hydrogens is 360 g/mol. The van der Waals surface area contributed by atoms with Crippen LogP contribution in [-0.4, -0.2) is 56.5 Å². The minimum atomic E-state index is -1.13. The number of hydrogen-bond acceptors (Lipinski definition) is 5. The van der Waals surface area contributed by atoms with Gasteiger partial charge in [0.25, 0.3) is 0 Å². The standard InChI is InChI=1S/C18H26O9/c1-3-13(5-11(7-15(19)20)8-16(21)22)27-14(4-2)6-12(9-17(23)24)10-18(25)26/h3-4,11-14H,1-2,5-10H2,(H,19,20)(H,21,22)(H,23,24)(H,25,26). The van der Waals surface area contributed by atoms with E-state index in [4.69, 9.17) is 25.2 Å². The summed E-state index contributed by atoms with van der Waals surface area (Å²) in [5.74, 6) is -5.89. The predicted molar refractivity (Wildman–Crippen MR) is 94.3 cm³/mol. The second kappa shape index (κ2) is 12.6. The summed E-state index contributed by atoms with van der Waals surface area (Å²) in [6, 6.07) is 0. The number of ether oxygens (including phenoxy) is 1. The summed E-state index contributed by atoms with van der Waals surface area (Å²) in [5, 5.41) is 35.6. The van der Waals surface area contributed by atoms with E-state index in [-0.39, 0.29) is 38.5 Å². The highest BCUT2D eigenvalue weighted by atomic mass is 16.5. The van der Waals surface area contributed by atoms with Gasteiger partial charge in [-0.3, -0.25) is 19.2 Å². The molecule has 0 fully saturated rings. The minimum absolute atomic E-state index is 0.0922.